The summed E-state index contributed by atoms with van der Waals surface area (Å²) in [4.78, 5) is 12.0. The summed E-state index contributed by atoms with van der Waals surface area (Å²) in [6.45, 7) is 2.57. The second-order valence-corrected chi connectivity index (χ2v) is 5.07. The van der Waals surface area contributed by atoms with Crippen LogP contribution in [0.25, 0.3) is 0 Å². The van der Waals surface area contributed by atoms with Crippen molar-refractivity contribution < 1.29 is 14.3 Å². The molecule has 1 heterocycles. The van der Waals surface area contributed by atoms with E-state index in [1.807, 2.05) is 0 Å². The number of nitrogens with one attached hydrogen (secondary N) is 2. The number of rotatable bonds is 6. The highest BCUT2D eigenvalue weighted by atomic mass is 35.5. The normalized spacial score (nSPS) is 18.0. The number of amides is 1. The van der Waals surface area contributed by atoms with Gasteiger partial charge in [0.2, 0.25) is 5.91 Å². The number of hydrogen-bond acceptors (Lipinski definition) is 4. The highest BCUT2D eigenvalue weighted by Gasteiger charge is 2.22. The maximum absolute atomic E-state index is 12.0. The minimum absolute atomic E-state index is 0.0270. The van der Waals surface area contributed by atoms with Gasteiger partial charge in [0.25, 0.3) is 0 Å². The van der Waals surface area contributed by atoms with Crippen LogP contribution >= 0.6 is 11.6 Å². The summed E-state index contributed by atoms with van der Waals surface area (Å²) >= 11 is 6.12. The third-order valence-corrected chi connectivity index (χ3v) is 3.47. The van der Waals surface area contributed by atoms with Crippen molar-refractivity contribution in [1.29, 1.82) is 0 Å². The van der Waals surface area contributed by atoms with Crippen LogP contribution in [0, 0.1) is 5.92 Å². The van der Waals surface area contributed by atoms with Crippen molar-refractivity contribution in [2.75, 3.05) is 38.7 Å². The van der Waals surface area contributed by atoms with Gasteiger partial charge in [-0.1, -0.05) is 11.6 Å². The molecule has 1 fully saturated rings. The molecule has 110 valence electrons. The number of halogens is 1. The number of carbonyl (C=O) groups is 1. The molecule has 2 N–H and O–H groups in total. The quantitative estimate of drug-likeness (QED) is 0.788. The molecule has 1 unspecified atom stereocenters. The zero-order chi connectivity index (χ0) is 14.4. The Bertz CT molecular complexity index is 462. The lowest BCUT2D eigenvalue weighted by atomic mass is 10.1. The van der Waals surface area contributed by atoms with Gasteiger partial charge in [-0.25, -0.2) is 0 Å². The van der Waals surface area contributed by atoms with Gasteiger partial charge in [-0.05, 0) is 31.2 Å². The standard InChI is InChI=1S/C14H19ClN2O3/c1-19-6-7-20-13-3-2-11(8-12(13)15)17-14(18)10-4-5-16-9-10/h2-3,8,10,16H,4-7,9H2,1H3,(H,17,18). The van der Waals surface area contributed by atoms with Gasteiger partial charge in [-0.3, -0.25) is 4.79 Å². The molecule has 0 aromatic heterocycles. The van der Waals surface area contributed by atoms with Crippen LogP contribution in [0.15, 0.2) is 18.2 Å². The monoisotopic (exact) mass is 298 g/mol. The van der Waals surface area contributed by atoms with Crippen LogP contribution in [0.5, 0.6) is 5.75 Å². The van der Waals surface area contributed by atoms with Gasteiger partial charge in [0.15, 0.2) is 0 Å². The average molecular weight is 299 g/mol. The first-order chi connectivity index (χ1) is 9.70. The molecule has 0 saturated carbocycles. The molecule has 5 nitrogen and oxygen atoms in total. The minimum atomic E-state index is 0.0270. The molecule has 0 bridgehead atoms. The van der Waals surface area contributed by atoms with Crippen LogP contribution in [0.3, 0.4) is 0 Å². The van der Waals surface area contributed by atoms with Gasteiger partial charge in [0.1, 0.15) is 12.4 Å². The molecule has 6 heteroatoms. The molecular weight excluding hydrogens is 280 g/mol. The lowest BCUT2D eigenvalue weighted by Gasteiger charge is -2.12. The van der Waals surface area contributed by atoms with E-state index in [4.69, 9.17) is 21.1 Å². The van der Waals surface area contributed by atoms with Gasteiger partial charge < -0.3 is 20.1 Å². The summed E-state index contributed by atoms with van der Waals surface area (Å²) in [7, 11) is 1.61. The van der Waals surface area contributed by atoms with E-state index in [9.17, 15) is 4.79 Å². The summed E-state index contributed by atoms with van der Waals surface area (Å²) < 4.78 is 10.4. The van der Waals surface area contributed by atoms with Crippen LogP contribution in [0.1, 0.15) is 6.42 Å². The Morgan fingerprint density at radius 1 is 1.50 bits per heavy atom. The van der Waals surface area contributed by atoms with Crippen LogP contribution < -0.4 is 15.4 Å². The molecule has 1 aromatic carbocycles. The molecule has 1 saturated heterocycles. The second-order valence-electron chi connectivity index (χ2n) is 4.67. The number of anilines is 1. The first-order valence-corrected chi connectivity index (χ1v) is 7.01. The SMILES string of the molecule is COCCOc1ccc(NC(=O)C2CCNC2)cc1Cl. The molecular formula is C14H19ClN2O3. The summed E-state index contributed by atoms with van der Waals surface area (Å²) in [5.74, 6) is 0.648. The topological polar surface area (TPSA) is 59.6 Å². The Kier molecular flexibility index (Phi) is 5.64. The van der Waals surface area contributed by atoms with Crippen molar-refractivity contribution in [3.63, 3.8) is 0 Å². The third kappa shape index (κ3) is 4.10. The summed E-state index contributed by atoms with van der Waals surface area (Å²) in [5, 5.41) is 6.52. The predicted octanol–water partition coefficient (Wildman–Crippen LogP) is 1.91. The van der Waals surface area contributed by atoms with Crippen LogP contribution in [0.2, 0.25) is 5.02 Å². The molecule has 0 spiro atoms. The Balaban J connectivity index is 1.92. The maximum Gasteiger partial charge on any atom is 0.228 e. The summed E-state index contributed by atoms with van der Waals surface area (Å²) in [6, 6.07) is 5.23. The number of ether oxygens (including phenoxy) is 2. The maximum atomic E-state index is 12.0. The molecule has 1 amide bonds. The molecule has 0 radical (unpaired) electrons. The third-order valence-electron chi connectivity index (χ3n) is 3.18. The predicted molar refractivity (Wildman–Crippen MR) is 78.4 cm³/mol. The Morgan fingerprint density at radius 3 is 3.00 bits per heavy atom. The fraction of sp³-hybridized carbons (Fsp3) is 0.500. The van der Waals surface area contributed by atoms with Gasteiger partial charge in [-0.15, -0.1) is 0 Å². The van der Waals surface area contributed by atoms with Crippen molar-refractivity contribution in [3.05, 3.63) is 23.2 Å². The summed E-state index contributed by atoms with van der Waals surface area (Å²) in [6.07, 6.45) is 0.873. The Morgan fingerprint density at radius 2 is 2.35 bits per heavy atom. The zero-order valence-corrected chi connectivity index (χ0v) is 12.2. The minimum Gasteiger partial charge on any atom is -0.490 e. The molecule has 1 atom stereocenters. The van der Waals surface area contributed by atoms with E-state index in [-0.39, 0.29) is 11.8 Å². The fourth-order valence-electron chi connectivity index (χ4n) is 2.05. The van der Waals surface area contributed by atoms with Gasteiger partial charge in [0, 0.05) is 19.3 Å². The number of hydrogen-bond donors (Lipinski definition) is 2. The molecule has 1 aliphatic heterocycles. The molecule has 0 aliphatic carbocycles. The fourth-order valence-corrected chi connectivity index (χ4v) is 2.29. The Labute approximate surface area is 123 Å². The van der Waals surface area contributed by atoms with Gasteiger partial charge >= 0.3 is 0 Å². The van der Waals surface area contributed by atoms with Crippen LogP contribution in [-0.4, -0.2) is 39.3 Å². The van der Waals surface area contributed by atoms with E-state index < -0.39 is 0 Å². The first kappa shape index (κ1) is 15.1. The zero-order valence-electron chi connectivity index (χ0n) is 11.4. The molecule has 2 rings (SSSR count). The highest BCUT2D eigenvalue weighted by Crippen LogP contribution is 2.28. The van der Waals surface area contributed by atoms with Crippen molar-refractivity contribution in [3.8, 4) is 5.75 Å². The first-order valence-electron chi connectivity index (χ1n) is 6.63. The Hall–Kier alpha value is -1.30. The van der Waals surface area contributed by atoms with E-state index in [0.717, 1.165) is 19.5 Å². The number of carbonyl (C=O) groups excluding carboxylic acids is 1. The van der Waals surface area contributed by atoms with Crippen molar-refractivity contribution in [2.24, 2.45) is 5.92 Å². The second kappa shape index (κ2) is 7.47. The van der Waals surface area contributed by atoms with Gasteiger partial charge in [-0.2, -0.15) is 0 Å². The molecule has 1 aliphatic rings. The van der Waals surface area contributed by atoms with E-state index in [1.54, 1.807) is 25.3 Å². The lowest BCUT2D eigenvalue weighted by Crippen LogP contribution is -2.24. The average Bonchev–Trinajstić information content (AvgIpc) is 2.95. The van der Waals surface area contributed by atoms with Crippen LogP contribution in [0.4, 0.5) is 5.69 Å². The van der Waals surface area contributed by atoms with Crippen molar-refractivity contribution in [2.45, 2.75) is 6.42 Å². The van der Waals surface area contributed by atoms with E-state index in [2.05, 4.69) is 10.6 Å². The van der Waals surface area contributed by atoms with E-state index >= 15 is 0 Å². The molecule has 20 heavy (non-hydrogen) atoms. The van der Waals surface area contributed by atoms with Crippen LogP contribution in [-0.2, 0) is 9.53 Å². The van der Waals surface area contributed by atoms with Gasteiger partial charge in [0.05, 0.1) is 17.5 Å². The van der Waals surface area contributed by atoms with Crippen molar-refractivity contribution >= 4 is 23.2 Å². The largest absolute Gasteiger partial charge is 0.490 e. The highest BCUT2D eigenvalue weighted by molar-refractivity contribution is 6.32. The molecule has 1 aromatic rings. The van der Waals surface area contributed by atoms with Crippen molar-refractivity contribution in [1.82, 2.24) is 5.32 Å². The number of methoxy groups -OCH3 is 1. The van der Waals surface area contributed by atoms with E-state index in [1.165, 1.54) is 0 Å². The van der Waals surface area contributed by atoms with E-state index in [0.29, 0.717) is 29.7 Å². The smallest absolute Gasteiger partial charge is 0.228 e. The summed E-state index contributed by atoms with van der Waals surface area (Å²) in [5.41, 5.74) is 0.686. The lowest BCUT2D eigenvalue weighted by molar-refractivity contribution is -0.119. The number of benzene rings is 1.